The first-order valence-electron chi connectivity index (χ1n) is 9.76. The number of hydrogen-bond acceptors (Lipinski definition) is 6. The summed E-state index contributed by atoms with van der Waals surface area (Å²) in [7, 11) is 0. The number of imidazole rings is 1. The van der Waals surface area contributed by atoms with Crippen LogP contribution in [0.15, 0.2) is 65.6 Å². The van der Waals surface area contributed by atoms with Crippen molar-refractivity contribution in [3.63, 3.8) is 0 Å². The highest BCUT2D eigenvalue weighted by Crippen LogP contribution is 2.29. The van der Waals surface area contributed by atoms with Gasteiger partial charge in [-0.1, -0.05) is 30.3 Å². The lowest BCUT2D eigenvalue weighted by Gasteiger charge is -2.37. The van der Waals surface area contributed by atoms with E-state index in [2.05, 4.69) is 38.4 Å². The summed E-state index contributed by atoms with van der Waals surface area (Å²) in [6, 6.07) is 19.6. The molecule has 4 heterocycles. The first kappa shape index (κ1) is 18.1. The van der Waals surface area contributed by atoms with Crippen molar-refractivity contribution in [2.75, 3.05) is 24.5 Å². The Labute approximate surface area is 172 Å². The number of nitriles is 1. The number of benzene rings is 1. The van der Waals surface area contributed by atoms with Gasteiger partial charge in [-0.2, -0.15) is 5.26 Å². The maximum Gasteiger partial charge on any atom is 0.333 e. The van der Waals surface area contributed by atoms with Gasteiger partial charge in [-0.05, 0) is 29.8 Å². The van der Waals surface area contributed by atoms with E-state index in [1.54, 1.807) is 24.4 Å². The molecule has 1 fully saturated rings. The molecule has 8 nitrogen and oxygen atoms in total. The standard InChI is InChI=1S/C22H19N7O/c23-13-16-8-9-19(28-12-11-24-14-18(28)15-5-2-1-3-6-15)26-21(16)29-17-7-4-10-25-20(17)27-22(29)30/h1-10,18,24H,11-12,14H2,(H,25,27,30). The van der Waals surface area contributed by atoms with Crippen LogP contribution >= 0.6 is 0 Å². The zero-order chi connectivity index (χ0) is 20.5. The Hall–Kier alpha value is -3.96. The molecule has 2 N–H and O–H groups in total. The van der Waals surface area contributed by atoms with Crippen LogP contribution in [0.1, 0.15) is 17.2 Å². The maximum atomic E-state index is 12.7. The van der Waals surface area contributed by atoms with Crippen molar-refractivity contribution in [2.45, 2.75) is 6.04 Å². The lowest BCUT2D eigenvalue weighted by Crippen LogP contribution is -2.46. The van der Waals surface area contributed by atoms with Crippen LogP contribution in [0.4, 0.5) is 5.82 Å². The van der Waals surface area contributed by atoms with Crippen molar-refractivity contribution in [3.05, 3.63) is 82.4 Å². The average molecular weight is 397 g/mol. The van der Waals surface area contributed by atoms with E-state index in [-0.39, 0.29) is 11.7 Å². The van der Waals surface area contributed by atoms with Crippen molar-refractivity contribution in [1.82, 2.24) is 24.8 Å². The molecule has 0 saturated carbocycles. The van der Waals surface area contributed by atoms with Gasteiger partial charge in [0.1, 0.15) is 11.9 Å². The summed E-state index contributed by atoms with van der Waals surface area (Å²) in [5.74, 6) is 1.04. The number of H-pyrrole nitrogens is 1. The molecule has 1 unspecified atom stereocenters. The number of hydrogen-bond donors (Lipinski definition) is 2. The number of pyridine rings is 2. The molecule has 148 valence electrons. The Morgan fingerprint density at radius 3 is 2.80 bits per heavy atom. The average Bonchev–Trinajstić information content (AvgIpc) is 3.14. The van der Waals surface area contributed by atoms with Crippen LogP contribution in [0.25, 0.3) is 17.0 Å². The van der Waals surface area contributed by atoms with Crippen LogP contribution in [-0.4, -0.2) is 39.2 Å². The molecule has 30 heavy (non-hydrogen) atoms. The number of piperazine rings is 1. The molecular formula is C22H19N7O. The number of aromatic amines is 1. The lowest BCUT2D eigenvalue weighted by molar-refractivity contribution is 0.486. The lowest BCUT2D eigenvalue weighted by atomic mass is 10.0. The minimum absolute atomic E-state index is 0.106. The van der Waals surface area contributed by atoms with Gasteiger partial charge in [0.2, 0.25) is 0 Å². The van der Waals surface area contributed by atoms with Gasteiger partial charge in [0.15, 0.2) is 11.5 Å². The number of fused-ring (bicyclic) bond motifs is 1. The van der Waals surface area contributed by atoms with E-state index in [4.69, 9.17) is 4.98 Å². The van der Waals surface area contributed by atoms with Gasteiger partial charge in [-0.25, -0.2) is 19.3 Å². The van der Waals surface area contributed by atoms with Crippen molar-refractivity contribution in [2.24, 2.45) is 0 Å². The molecule has 4 aromatic rings. The Kier molecular flexibility index (Phi) is 4.50. The molecule has 0 amide bonds. The number of rotatable bonds is 3. The molecule has 0 aliphatic carbocycles. The molecule has 5 rings (SSSR count). The van der Waals surface area contributed by atoms with E-state index in [0.717, 1.165) is 25.5 Å². The van der Waals surface area contributed by atoms with E-state index in [0.29, 0.717) is 22.5 Å². The van der Waals surface area contributed by atoms with Gasteiger partial charge >= 0.3 is 5.69 Å². The smallest absolute Gasteiger partial charge is 0.333 e. The van der Waals surface area contributed by atoms with E-state index >= 15 is 0 Å². The van der Waals surface area contributed by atoms with Crippen LogP contribution in [0.3, 0.4) is 0 Å². The second-order valence-electron chi connectivity index (χ2n) is 7.11. The van der Waals surface area contributed by atoms with Crippen LogP contribution in [0, 0.1) is 11.3 Å². The summed E-state index contributed by atoms with van der Waals surface area (Å²) < 4.78 is 1.42. The van der Waals surface area contributed by atoms with Crippen molar-refractivity contribution in [1.29, 1.82) is 5.26 Å². The fourth-order valence-electron chi connectivity index (χ4n) is 3.96. The summed E-state index contributed by atoms with van der Waals surface area (Å²) in [5, 5.41) is 13.1. The highest BCUT2D eigenvalue weighted by Gasteiger charge is 2.26. The molecule has 0 radical (unpaired) electrons. The Morgan fingerprint density at radius 2 is 1.97 bits per heavy atom. The summed E-state index contributed by atoms with van der Waals surface area (Å²) in [5.41, 5.74) is 2.19. The van der Waals surface area contributed by atoms with Gasteiger partial charge in [0.25, 0.3) is 0 Å². The SMILES string of the molecule is N#Cc1ccc(N2CCNCC2c2ccccc2)nc1-n1c(=O)[nH]c2ncccc21. The van der Waals surface area contributed by atoms with Crippen LogP contribution in [0.2, 0.25) is 0 Å². The fraction of sp³-hybridized carbons (Fsp3) is 0.182. The molecule has 1 aliphatic heterocycles. The molecule has 1 aliphatic rings. The highest BCUT2D eigenvalue weighted by atomic mass is 16.1. The second-order valence-corrected chi connectivity index (χ2v) is 7.11. The summed E-state index contributed by atoms with van der Waals surface area (Å²) in [6.45, 7) is 2.39. The molecule has 0 bridgehead atoms. The molecule has 3 aromatic heterocycles. The largest absolute Gasteiger partial charge is 0.347 e. The highest BCUT2D eigenvalue weighted by molar-refractivity contribution is 5.73. The van der Waals surface area contributed by atoms with Crippen LogP contribution in [0.5, 0.6) is 0 Å². The number of nitrogens with one attached hydrogen (secondary N) is 2. The summed E-state index contributed by atoms with van der Waals surface area (Å²) >= 11 is 0. The Balaban J connectivity index is 1.65. The zero-order valence-electron chi connectivity index (χ0n) is 16.1. The Bertz CT molecular complexity index is 1300. The normalized spacial score (nSPS) is 16.5. The van der Waals surface area contributed by atoms with Gasteiger partial charge < -0.3 is 10.2 Å². The van der Waals surface area contributed by atoms with Gasteiger partial charge in [-0.15, -0.1) is 0 Å². The minimum Gasteiger partial charge on any atom is -0.347 e. The van der Waals surface area contributed by atoms with Gasteiger partial charge in [-0.3, -0.25) is 4.98 Å². The molecule has 1 saturated heterocycles. The zero-order valence-corrected chi connectivity index (χ0v) is 16.1. The maximum absolute atomic E-state index is 12.7. The van der Waals surface area contributed by atoms with Gasteiger partial charge in [0.05, 0.1) is 17.1 Å². The van der Waals surface area contributed by atoms with Crippen molar-refractivity contribution in [3.8, 4) is 11.9 Å². The third-order valence-corrected chi connectivity index (χ3v) is 5.37. The van der Waals surface area contributed by atoms with Crippen molar-refractivity contribution < 1.29 is 0 Å². The molecule has 0 spiro atoms. The molecular weight excluding hydrogens is 378 g/mol. The van der Waals surface area contributed by atoms with Crippen LogP contribution < -0.4 is 15.9 Å². The quantitative estimate of drug-likeness (QED) is 0.549. The third-order valence-electron chi connectivity index (χ3n) is 5.37. The predicted octanol–water partition coefficient (Wildman–Crippen LogP) is 2.13. The molecule has 1 atom stereocenters. The van der Waals surface area contributed by atoms with Gasteiger partial charge in [0, 0.05) is 25.8 Å². The summed E-state index contributed by atoms with van der Waals surface area (Å²) in [4.78, 5) is 26.6. The topological polar surface area (TPSA) is 103 Å². The first-order chi connectivity index (χ1) is 14.8. The predicted molar refractivity (Wildman–Crippen MR) is 114 cm³/mol. The molecule has 1 aromatic carbocycles. The van der Waals surface area contributed by atoms with E-state index in [1.165, 1.54) is 10.1 Å². The fourth-order valence-corrected chi connectivity index (χ4v) is 3.96. The van der Waals surface area contributed by atoms with E-state index in [1.807, 2.05) is 24.3 Å². The number of anilines is 1. The number of aromatic nitrogens is 4. The molecule has 8 heteroatoms. The first-order valence-corrected chi connectivity index (χ1v) is 9.76. The van der Waals surface area contributed by atoms with Crippen molar-refractivity contribution >= 4 is 17.0 Å². The van der Waals surface area contributed by atoms with E-state index < -0.39 is 0 Å². The Morgan fingerprint density at radius 1 is 1.10 bits per heavy atom. The minimum atomic E-state index is -0.371. The second kappa shape index (κ2) is 7.46. The monoisotopic (exact) mass is 397 g/mol. The third kappa shape index (κ3) is 3.02. The van der Waals surface area contributed by atoms with E-state index in [9.17, 15) is 10.1 Å². The summed E-state index contributed by atoms with van der Waals surface area (Å²) in [6.07, 6.45) is 1.61. The van der Waals surface area contributed by atoms with Crippen LogP contribution in [-0.2, 0) is 0 Å². The number of nitrogens with zero attached hydrogens (tertiary/aromatic N) is 5.